The van der Waals surface area contributed by atoms with Crippen LogP contribution in [0.2, 0.25) is 0 Å². The molecule has 1 unspecified atom stereocenters. The van der Waals surface area contributed by atoms with Crippen LogP contribution in [0, 0.1) is 11.6 Å². The lowest BCUT2D eigenvalue weighted by atomic mass is 10.2. The molecule has 1 aliphatic rings. The second kappa shape index (κ2) is 6.09. The van der Waals surface area contributed by atoms with E-state index in [-0.39, 0.29) is 17.5 Å². The Balaban J connectivity index is 1.65. The summed E-state index contributed by atoms with van der Waals surface area (Å²) < 4.78 is 26.5. The Labute approximate surface area is 126 Å². The van der Waals surface area contributed by atoms with Gasteiger partial charge in [0.1, 0.15) is 11.9 Å². The summed E-state index contributed by atoms with van der Waals surface area (Å²) in [7, 11) is 0. The van der Waals surface area contributed by atoms with Crippen LogP contribution in [0.4, 0.5) is 14.6 Å². The highest BCUT2D eigenvalue weighted by Crippen LogP contribution is 2.19. The molecular weight excluding hydrogens is 288 g/mol. The molecule has 1 aromatic carbocycles. The monoisotopic (exact) mass is 303 g/mol. The fourth-order valence-electron chi connectivity index (χ4n) is 2.50. The lowest BCUT2D eigenvalue weighted by molar-refractivity contribution is -0.128. The lowest BCUT2D eigenvalue weighted by Gasteiger charge is -2.17. The second-order valence-corrected chi connectivity index (χ2v) is 5.21. The van der Waals surface area contributed by atoms with Gasteiger partial charge in [-0.1, -0.05) is 12.1 Å². The molecule has 0 aliphatic carbocycles. The minimum absolute atomic E-state index is 0.0875. The Morgan fingerprint density at radius 1 is 1.23 bits per heavy atom. The van der Waals surface area contributed by atoms with Crippen molar-refractivity contribution < 1.29 is 13.6 Å². The molecule has 0 saturated carbocycles. The molecule has 0 bridgehead atoms. The first kappa shape index (κ1) is 14.4. The standard InChI is InChI=1S/C16H15F2N3O/c17-12-5-3-11(4-6-12)10-21-9-7-14(16(21)22)20-15-13(18)2-1-8-19-15/h1-6,8,14H,7,9-10H2,(H,19,20). The maximum absolute atomic E-state index is 13.6. The zero-order valence-corrected chi connectivity index (χ0v) is 11.8. The number of aromatic nitrogens is 1. The molecule has 4 nitrogen and oxygen atoms in total. The van der Waals surface area contributed by atoms with Crippen molar-refractivity contribution in [3.63, 3.8) is 0 Å². The van der Waals surface area contributed by atoms with Gasteiger partial charge in [-0.15, -0.1) is 0 Å². The highest BCUT2D eigenvalue weighted by Gasteiger charge is 2.32. The van der Waals surface area contributed by atoms with Gasteiger partial charge in [-0.2, -0.15) is 0 Å². The molecule has 1 saturated heterocycles. The minimum Gasteiger partial charge on any atom is -0.356 e. The van der Waals surface area contributed by atoms with Crippen LogP contribution in [0.5, 0.6) is 0 Å². The van der Waals surface area contributed by atoms with Crippen molar-refractivity contribution in [2.75, 3.05) is 11.9 Å². The number of anilines is 1. The van der Waals surface area contributed by atoms with Crippen LogP contribution < -0.4 is 5.32 Å². The maximum Gasteiger partial charge on any atom is 0.245 e. The summed E-state index contributed by atoms with van der Waals surface area (Å²) in [5, 5.41) is 2.85. The van der Waals surface area contributed by atoms with Crippen molar-refractivity contribution in [3.8, 4) is 0 Å². The highest BCUT2D eigenvalue weighted by molar-refractivity contribution is 5.86. The summed E-state index contributed by atoms with van der Waals surface area (Å²) in [6.07, 6.45) is 2.05. The Bertz CT molecular complexity index is 675. The number of carbonyl (C=O) groups excluding carboxylic acids is 1. The first-order valence-corrected chi connectivity index (χ1v) is 7.04. The third-order valence-corrected chi connectivity index (χ3v) is 3.65. The zero-order chi connectivity index (χ0) is 15.5. The number of nitrogens with one attached hydrogen (secondary N) is 1. The molecule has 1 N–H and O–H groups in total. The van der Waals surface area contributed by atoms with E-state index in [1.165, 1.54) is 30.5 Å². The maximum atomic E-state index is 13.6. The number of rotatable bonds is 4. The zero-order valence-electron chi connectivity index (χ0n) is 11.8. The van der Waals surface area contributed by atoms with Crippen LogP contribution in [0.25, 0.3) is 0 Å². The average Bonchev–Trinajstić information content (AvgIpc) is 2.85. The van der Waals surface area contributed by atoms with Crippen molar-refractivity contribution in [2.45, 2.75) is 19.0 Å². The number of amides is 1. The van der Waals surface area contributed by atoms with Crippen molar-refractivity contribution in [3.05, 3.63) is 59.8 Å². The average molecular weight is 303 g/mol. The number of hydrogen-bond donors (Lipinski definition) is 1. The van der Waals surface area contributed by atoms with E-state index in [0.29, 0.717) is 19.5 Å². The van der Waals surface area contributed by atoms with Crippen LogP contribution in [0.3, 0.4) is 0 Å². The Kier molecular flexibility index (Phi) is 4.00. The molecule has 6 heteroatoms. The van der Waals surface area contributed by atoms with Crippen molar-refractivity contribution in [2.24, 2.45) is 0 Å². The molecule has 0 radical (unpaired) electrons. The SMILES string of the molecule is O=C1C(Nc2ncccc2F)CCN1Cc1ccc(F)cc1. The predicted octanol–water partition coefficient (Wildman–Crippen LogP) is 2.57. The van der Waals surface area contributed by atoms with Crippen LogP contribution >= 0.6 is 0 Å². The number of pyridine rings is 1. The van der Waals surface area contributed by atoms with E-state index < -0.39 is 11.9 Å². The van der Waals surface area contributed by atoms with E-state index in [2.05, 4.69) is 10.3 Å². The van der Waals surface area contributed by atoms with Crippen molar-refractivity contribution in [1.29, 1.82) is 0 Å². The smallest absolute Gasteiger partial charge is 0.245 e. The largest absolute Gasteiger partial charge is 0.356 e. The molecule has 1 aliphatic heterocycles. The summed E-state index contributed by atoms with van der Waals surface area (Å²) in [6, 6.07) is 8.36. The summed E-state index contributed by atoms with van der Waals surface area (Å²) in [5.41, 5.74) is 0.861. The van der Waals surface area contributed by atoms with Crippen molar-refractivity contribution in [1.82, 2.24) is 9.88 Å². The van der Waals surface area contributed by atoms with Gasteiger partial charge in [0.15, 0.2) is 11.6 Å². The van der Waals surface area contributed by atoms with Gasteiger partial charge in [0.25, 0.3) is 0 Å². The summed E-state index contributed by atoms with van der Waals surface area (Å²) in [6.45, 7) is 0.990. The lowest BCUT2D eigenvalue weighted by Crippen LogP contribution is -2.33. The van der Waals surface area contributed by atoms with Gasteiger partial charge in [0, 0.05) is 19.3 Å². The Morgan fingerprint density at radius 3 is 2.73 bits per heavy atom. The van der Waals surface area contributed by atoms with Gasteiger partial charge in [0.2, 0.25) is 5.91 Å². The third-order valence-electron chi connectivity index (χ3n) is 3.65. The molecule has 2 heterocycles. The first-order chi connectivity index (χ1) is 10.6. The first-order valence-electron chi connectivity index (χ1n) is 7.04. The molecule has 114 valence electrons. The quantitative estimate of drug-likeness (QED) is 0.944. The number of carbonyl (C=O) groups is 1. The number of halogens is 2. The van der Waals surface area contributed by atoms with E-state index in [4.69, 9.17) is 0 Å². The fourth-order valence-corrected chi connectivity index (χ4v) is 2.50. The van der Waals surface area contributed by atoms with Crippen molar-refractivity contribution >= 4 is 11.7 Å². The summed E-state index contributed by atoms with van der Waals surface area (Å²) in [5.74, 6) is -0.798. The molecule has 0 spiro atoms. The summed E-state index contributed by atoms with van der Waals surface area (Å²) in [4.78, 5) is 17.9. The van der Waals surface area contributed by atoms with Crippen LogP contribution in [-0.4, -0.2) is 28.4 Å². The minimum atomic E-state index is -0.482. The fraction of sp³-hybridized carbons (Fsp3) is 0.250. The normalized spacial score (nSPS) is 17.8. The Hall–Kier alpha value is -2.50. The van der Waals surface area contributed by atoms with E-state index >= 15 is 0 Å². The second-order valence-electron chi connectivity index (χ2n) is 5.21. The molecule has 1 amide bonds. The molecule has 2 aromatic rings. The molecule has 1 aromatic heterocycles. The van der Waals surface area contributed by atoms with E-state index in [1.807, 2.05) is 0 Å². The molecular formula is C16H15F2N3O. The number of nitrogens with zero attached hydrogens (tertiary/aromatic N) is 2. The molecule has 1 fully saturated rings. The highest BCUT2D eigenvalue weighted by atomic mass is 19.1. The topological polar surface area (TPSA) is 45.2 Å². The number of likely N-dealkylation sites (tertiary alicyclic amines) is 1. The van der Waals surface area contributed by atoms with Crippen LogP contribution in [0.1, 0.15) is 12.0 Å². The van der Waals surface area contributed by atoms with E-state index in [1.54, 1.807) is 17.0 Å². The number of benzene rings is 1. The Morgan fingerprint density at radius 2 is 2.00 bits per heavy atom. The predicted molar refractivity (Wildman–Crippen MR) is 78.0 cm³/mol. The van der Waals surface area contributed by atoms with E-state index in [9.17, 15) is 13.6 Å². The molecule has 1 atom stereocenters. The van der Waals surface area contributed by atoms with Crippen LogP contribution in [-0.2, 0) is 11.3 Å². The van der Waals surface area contributed by atoms with Gasteiger partial charge in [-0.05, 0) is 36.2 Å². The molecule has 22 heavy (non-hydrogen) atoms. The van der Waals surface area contributed by atoms with Crippen LogP contribution in [0.15, 0.2) is 42.6 Å². The molecule has 3 rings (SSSR count). The van der Waals surface area contributed by atoms with Gasteiger partial charge in [-0.25, -0.2) is 13.8 Å². The van der Waals surface area contributed by atoms with Gasteiger partial charge in [-0.3, -0.25) is 4.79 Å². The van der Waals surface area contributed by atoms with Gasteiger partial charge < -0.3 is 10.2 Å². The van der Waals surface area contributed by atoms with Gasteiger partial charge >= 0.3 is 0 Å². The summed E-state index contributed by atoms with van der Waals surface area (Å²) >= 11 is 0. The van der Waals surface area contributed by atoms with E-state index in [0.717, 1.165) is 5.56 Å². The number of hydrogen-bond acceptors (Lipinski definition) is 3. The van der Waals surface area contributed by atoms with Gasteiger partial charge in [0.05, 0.1) is 0 Å². The third kappa shape index (κ3) is 3.05.